The van der Waals surface area contributed by atoms with Gasteiger partial charge in [-0.1, -0.05) is 0 Å². The minimum atomic E-state index is -1.45. The highest BCUT2D eigenvalue weighted by atomic mass is 16.4. The number of Topliss-reactive ketones (excluding diaryl/α,β-unsaturated/α-hetero) is 1. The number of aromatic amines is 1. The van der Waals surface area contributed by atoms with Crippen molar-refractivity contribution in [3.8, 4) is 0 Å². The van der Waals surface area contributed by atoms with Crippen molar-refractivity contribution in [2.24, 2.45) is 0 Å². The molecule has 0 amide bonds. The molecule has 0 unspecified atom stereocenters. The Morgan fingerprint density at radius 1 is 1.17 bits per heavy atom. The molecule has 1 aromatic carbocycles. The normalized spacial score (nSPS) is 10.9. The van der Waals surface area contributed by atoms with Crippen LogP contribution in [0.4, 0.5) is 0 Å². The first kappa shape index (κ1) is 10.5. The van der Waals surface area contributed by atoms with Crippen LogP contribution in [0.15, 0.2) is 36.5 Å². The maximum Gasteiger partial charge on any atom is 0.377 e. The number of pyridine rings is 1. The number of nitrogens with zero attached hydrogens (tertiary/aromatic N) is 1. The van der Waals surface area contributed by atoms with Gasteiger partial charge in [0.15, 0.2) is 0 Å². The summed E-state index contributed by atoms with van der Waals surface area (Å²) in [6.07, 6.45) is 1.67. The molecule has 2 heterocycles. The summed E-state index contributed by atoms with van der Waals surface area (Å²) in [5.74, 6) is -2.36. The molecule has 0 aliphatic carbocycles. The average Bonchev–Trinajstić information content (AvgIpc) is 2.75. The summed E-state index contributed by atoms with van der Waals surface area (Å²) in [7, 11) is 0. The topological polar surface area (TPSA) is 83.0 Å². The number of hydrogen-bond acceptors (Lipinski definition) is 3. The summed E-state index contributed by atoms with van der Waals surface area (Å²) in [6.45, 7) is 0. The van der Waals surface area contributed by atoms with Crippen molar-refractivity contribution in [3.63, 3.8) is 0 Å². The highest BCUT2D eigenvalue weighted by Gasteiger charge is 2.15. The van der Waals surface area contributed by atoms with Crippen LogP contribution in [0.1, 0.15) is 10.4 Å². The maximum atomic E-state index is 11.4. The molecule has 5 nitrogen and oxygen atoms in total. The number of aliphatic carboxylic acids is 1. The van der Waals surface area contributed by atoms with Gasteiger partial charge in [-0.3, -0.25) is 4.79 Å². The van der Waals surface area contributed by atoms with Crippen LogP contribution in [0.3, 0.4) is 0 Å². The molecule has 0 atom stereocenters. The fourth-order valence-electron chi connectivity index (χ4n) is 1.99. The van der Waals surface area contributed by atoms with E-state index in [1.165, 1.54) is 6.07 Å². The lowest BCUT2D eigenvalue weighted by atomic mass is 10.1. The lowest BCUT2D eigenvalue weighted by molar-refractivity contribution is -0.131. The molecule has 2 aromatic heterocycles. The van der Waals surface area contributed by atoms with E-state index in [1.54, 1.807) is 24.4 Å². The molecule has 0 radical (unpaired) electrons. The number of fused-ring (bicyclic) bond motifs is 3. The van der Waals surface area contributed by atoms with Crippen LogP contribution in [0.25, 0.3) is 21.9 Å². The molecular formula is C13H8N2O3. The van der Waals surface area contributed by atoms with Crippen LogP contribution in [-0.4, -0.2) is 26.8 Å². The predicted octanol–water partition coefficient (Wildman–Crippen LogP) is 1.98. The second kappa shape index (κ2) is 3.66. The Labute approximate surface area is 101 Å². The first-order valence-electron chi connectivity index (χ1n) is 5.31. The van der Waals surface area contributed by atoms with Crippen molar-refractivity contribution in [3.05, 3.63) is 42.1 Å². The highest BCUT2D eigenvalue weighted by Crippen LogP contribution is 2.24. The molecular weight excluding hydrogens is 232 g/mol. The number of carboxylic acids is 1. The number of carboxylic acid groups (broad SMARTS) is 1. The molecule has 3 aromatic rings. The van der Waals surface area contributed by atoms with Crippen LogP contribution in [-0.2, 0) is 4.79 Å². The molecule has 0 bridgehead atoms. The van der Waals surface area contributed by atoms with Crippen molar-refractivity contribution in [1.82, 2.24) is 9.97 Å². The molecule has 2 N–H and O–H groups in total. The molecule has 88 valence electrons. The van der Waals surface area contributed by atoms with Gasteiger partial charge >= 0.3 is 5.97 Å². The van der Waals surface area contributed by atoms with Gasteiger partial charge in [-0.05, 0) is 30.3 Å². The van der Waals surface area contributed by atoms with Crippen molar-refractivity contribution in [2.75, 3.05) is 0 Å². The van der Waals surface area contributed by atoms with Gasteiger partial charge in [0, 0.05) is 28.0 Å². The van der Waals surface area contributed by atoms with E-state index < -0.39 is 11.8 Å². The van der Waals surface area contributed by atoms with Crippen LogP contribution < -0.4 is 0 Å². The Hall–Kier alpha value is -2.69. The van der Waals surface area contributed by atoms with Gasteiger partial charge in [0.25, 0.3) is 5.78 Å². The summed E-state index contributed by atoms with van der Waals surface area (Å²) in [5.41, 5.74) is 1.71. The fraction of sp³-hybridized carbons (Fsp3) is 0. The van der Waals surface area contributed by atoms with Gasteiger partial charge in [-0.15, -0.1) is 0 Å². The van der Waals surface area contributed by atoms with E-state index >= 15 is 0 Å². The van der Waals surface area contributed by atoms with Crippen LogP contribution >= 0.6 is 0 Å². The van der Waals surface area contributed by atoms with E-state index in [9.17, 15) is 9.59 Å². The van der Waals surface area contributed by atoms with E-state index in [4.69, 9.17) is 5.11 Å². The van der Waals surface area contributed by atoms with Gasteiger partial charge < -0.3 is 10.1 Å². The van der Waals surface area contributed by atoms with Crippen LogP contribution in [0.2, 0.25) is 0 Å². The van der Waals surface area contributed by atoms with Crippen molar-refractivity contribution >= 4 is 33.7 Å². The maximum absolute atomic E-state index is 11.4. The Morgan fingerprint density at radius 2 is 2.00 bits per heavy atom. The van der Waals surface area contributed by atoms with E-state index in [-0.39, 0.29) is 5.56 Å². The predicted molar refractivity (Wildman–Crippen MR) is 65.6 cm³/mol. The number of aromatic nitrogens is 2. The summed E-state index contributed by atoms with van der Waals surface area (Å²) in [5, 5.41) is 10.4. The number of rotatable bonds is 2. The highest BCUT2D eigenvalue weighted by molar-refractivity contribution is 6.40. The molecule has 0 aliphatic rings. The summed E-state index contributed by atoms with van der Waals surface area (Å²) in [4.78, 5) is 29.4. The van der Waals surface area contributed by atoms with Crippen molar-refractivity contribution in [2.45, 2.75) is 0 Å². The second-order valence-electron chi connectivity index (χ2n) is 3.92. The van der Waals surface area contributed by atoms with Gasteiger partial charge in [-0.2, -0.15) is 0 Å². The Bertz CT molecular complexity index is 789. The van der Waals surface area contributed by atoms with Gasteiger partial charge in [0.2, 0.25) is 0 Å². The standard InChI is InChI=1S/C13H8N2O3/c16-11(13(17)18)7-3-4-10-9(6-7)8-2-1-5-14-12(8)15-10/h1-6H,(H,14,15)(H,17,18). The van der Waals surface area contributed by atoms with Crippen molar-refractivity contribution in [1.29, 1.82) is 0 Å². The Morgan fingerprint density at radius 3 is 2.78 bits per heavy atom. The number of H-pyrrole nitrogens is 1. The van der Waals surface area contributed by atoms with E-state index in [0.717, 1.165) is 16.3 Å². The van der Waals surface area contributed by atoms with Crippen molar-refractivity contribution < 1.29 is 14.7 Å². The minimum absolute atomic E-state index is 0.166. The van der Waals surface area contributed by atoms with E-state index in [2.05, 4.69) is 9.97 Å². The number of benzene rings is 1. The second-order valence-corrected chi connectivity index (χ2v) is 3.92. The van der Waals surface area contributed by atoms with Gasteiger partial charge in [-0.25, -0.2) is 9.78 Å². The first-order valence-corrected chi connectivity index (χ1v) is 5.31. The third-order valence-electron chi connectivity index (χ3n) is 2.83. The van der Waals surface area contributed by atoms with Crippen LogP contribution in [0.5, 0.6) is 0 Å². The zero-order valence-electron chi connectivity index (χ0n) is 9.18. The lowest BCUT2D eigenvalue weighted by Crippen LogP contribution is -2.12. The molecule has 0 aliphatic heterocycles. The third kappa shape index (κ3) is 1.45. The molecule has 5 heteroatoms. The SMILES string of the molecule is O=C(O)C(=O)c1ccc2[nH]c3ncccc3c2c1. The number of hydrogen-bond donors (Lipinski definition) is 2. The lowest BCUT2D eigenvalue weighted by Gasteiger charge is -1.96. The molecule has 0 saturated carbocycles. The Kier molecular flexibility index (Phi) is 2.13. The molecule has 0 spiro atoms. The summed E-state index contributed by atoms with van der Waals surface area (Å²) < 4.78 is 0. The number of carbonyl (C=O) groups excluding carboxylic acids is 1. The molecule has 18 heavy (non-hydrogen) atoms. The third-order valence-corrected chi connectivity index (χ3v) is 2.83. The fourth-order valence-corrected chi connectivity index (χ4v) is 1.99. The number of nitrogens with one attached hydrogen (secondary N) is 1. The number of carbonyl (C=O) groups is 2. The van der Waals surface area contributed by atoms with Gasteiger partial charge in [0.05, 0.1) is 0 Å². The molecule has 0 fully saturated rings. The Balaban J connectivity index is 2.31. The van der Waals surface area contributed by atoms with Gasteiger partial charge in [0.1, 0.15) is 5.65 Å². The summed E-state index contributed by atoms with van der Waals surface area (Å²) in [6, 6.07) is 8.42. The average molecular weight is 240 g/mol. The van der Waals surface area contributed by atoms with E-state index in [1.807, 2.05) is 6.07 Å². The first-order chi connectivity index (χ1) is 8.66. The summed E-state index contributed by atoms with van der Waals surface area (Å²) >= 11 is 0. The molecule has 3 rings (SSSR count). The zero-order chi connectivity index (χ0) is 12.7. The zero-order valence-corrected chi connectivity index (χ0v) is 9.18. The largest absolute Gasteiger partial charge is 0.475 e. The van der Waals surface area contributed by atoms with E-state index in [0.29, 0.717) is 5.65 Å². The molecule has 0 saturated heterocycles. The monoisotopic (exact) mass is 240 g/mol. The van der Waals surface area contributed by atoms with Crippen LogP contribution in [0, 0.1) is 0 Å². The minimum Gasteiger partial charge on any atom is -0.475 e. The smallest absolute Gasteiger partial charge is 0.377 e. The quantitative estimate of drug-likeness (QED) is 0.530. The number of ketones is 1.